The van der Waals surface area contributed by atoms with Crippen LogP contribution in [-0.2, 0) is 23.1 Å². The van der Waals surface area contributed by atoms with E-state index in [4.69, 9.17) is 5.73 Å². The number of methoxy groups -OCH3 is 1. The Balaban J connectivity index is 4.25. The van der Waals surface area contributed by atoms with Crippen molar-refractivity contribution in [2.75, 3.05) is 27.5 Å². The van der Waals surface area contributed by atoms with E-state index in [1.165, 1.54) is 21.3 Å². The van der Waals surface area contributed by atoms with E-state index in [0.717, 1.165) is 0 Å². The number of nitrogens with two attached hydrogens (primary N) is 1. The number of esters is 1. The van der Waals surface area contributed by atoms with Gasteiger partial charge >= 0.3 is 13.6 Å². The van der Waals surface area contributed by atoms with Crippen molar-refractivity contribution in [1.82, 2.24) is 0 Å². The maximum Gasteiger partial charge on any atom is 0.332 e. The second-order valence-corrected chi connectivity index (χ2v) is 4.61. The first-order valence-corrected chi connectivity index (χ1v) is 5.26. The molecule has 1 atom stereocenters. The molecule has 13 heavy (non-hydrogen) atoms. The Morgan fingerprint density at radius 3 is 2.15 bits per heavy atom. The molecule has 0 amide bonds. The lowest BCUT2D eigenvalue weighted by molar-refractivity contribution is -0.141. The van der Waals surface area contributed by atoms with E-state index in [9.17, 15) is 9.36 Å². The lowest BCUT2D eigenvalue weighted by atomic mass is 10.4. The number of carbonyl (C=O) groups excluding carboxylic acids is 1. The van der Waals surface area contributed by atoms with Gasteiger partial charge in [-0.2, -0.15) is 0 Å². The first-order chi connectivity index (χ1) is 5.99. The molecule has 78 valence electrons. The van der Waals surface area contributed by atoms with Gasteiger partial charge in [0.15, 0.2) is 0 Å². The van der Waals surface area contributed by atoms with Gasteiger partial charge in [-0.1, -0.05) is 0 Å². The van der Waals surface area contributed by atoms with Crippen molar-refractivity contribution in [2.45, 2.75) is 6.04 Å². The summed E-state index contributed by atoms with van der Waals surface area (Å²) in [6.07, 6.45) is -0.188. The smallest absolute Gasteiger partial charge is 0.332 e. The van der Waals surface area contributed by atoms with Crippen LogP contribution in [0.1, 0.15) is 0 Å². The van der Waals surface area contributed by atoms with E-state index in [0.29, 0.717) is 0 Å². The molecule has 0 heterocycles. The van der Waals surface area contributed by atoms with E-state index in [-0.39, 0.29) is 6.16 Å². The third-order valence-electron chi connectivity index (χ3n) is 1.48. The molecule has 0 aromatic heterocycles. The van der Waals surface area contributed by atoms with Gasteiger partial charge in [0.1, 0.15) is 6.04 Å². The first-order valence-electron chi connectivity index (χ1n) is 3.53. The fourth-order valence-corrected chi connectivity index (χ4v) is 1.77. The highest BCUT2D eigenvalue weighted by atomic mass is 31.2. The molecule has 0 saturated carbocycles. The zero-order chi connectivity index (χ0) is 10.5. The summed E-state index contributed by atoms with van der Waals surface area (Å²) in [4.78, 5) is 10.8. The topological polar surface area (TPSA) is 87.9 Å². The Bertz CT molecular complexity index is 211. The summed E-state index contributed by atoms with van der Waals surface area (Å²) in [5.74, 6) is -0.644. The fraction of sp³-hybridized carbons (Fsp3) is 0.833. The predicted molar refractivity (Wildman–Crippen MR) is 46.5 cm³/mol. The maximum atomic E-state index is 11.4. The summed E-state index contributed by atoms with van der Waals surface area (Å²) in [6.45, 7) is 0. The SMILES string of the molecule is COC(=O)[C@H](N)CP(=O)(OC)OC. The van der Waals surface area contributed by atoms with Crippen molar-refractivity contribution in [3.63, 3.8) is 0 Å². The second kappa shape index (κ2) is 5.34. The van der Waals surface area contributed by atoms with Crippen molar-refractivity contribution < 1.29 is 23.1 Å². The van der Waals surface area contributed by atoms with E-state index in [1.54, 1.807) is 0 Å². The normalized spacial score (nSPS) is 13.8. The van der Waals surface area contributed by atoms with Crippen LogP contribution >= 0.6 is 7.60 Å². The molecule has 0 aliphatic heterocycles. The molecule has 0 spiro atoms. The third-order valence-corrected chi connectivity index (χ3v) is 3.43. The van der Waals surface area contributed by atoms with Crippen LogP contribution in [0.2, 0.25) is 0 Å². The zero-order valence-corrected chi connectivity index (χ0v) is 8.74. The van der Waals surface area contributed by atoms with Crippen LogP contribution < -0.4 is 5.73 Å². The highest BCUT2D eigenvalue weighted by Gasteiger charge is 2.28. The van der Waals surface area contributed by atoms with Crippen LogP contribution in [0, 0.1) is 0 Å². The van der Waals surface area contributed by atoms with Crippen molar-refractivity contribution in [3.8, 4) is 0 Å². The van der Waals surface area contributed by atoms with Crippen molar-refractivity contribution >= 4 is 13.6 Å². The van der Waals surface area contributed by atoms with Crippen LogP contribution in [0.4, 0.5) is 0 Å². The lowest BCUT2D eigenvalue weighted by Crippen LogP contribution is -2.35. The second-order valence-electron chi connectivity index (χ2n) is 2.29. The summed E-state index contributed by atoms with van der Waals surface area (Å²) in [6, 6.07) is -0.990. The van der Waals surface area contributed by atoms with Gasteiger partial charge in [0.05, 0.1) is 13.3 Å². The summed E-state index contributed by atoms with van der Waals surface area (Å²) in [5.41, 5.74) is 5.36. The Morgan fingerprint density at radius 1 is 1.38 bits per heavy atom. The highest BCUT2D eigenvalue weighted by Crippen LogP contribution is 2.46. The van der Waals surface area contributed by atoms with E-state index in [2.05, 4.69) is 13.8 Å². The minimum absolute atomic E-state index is 0.188. The molecule has 0 rings (SSSR count). The molecule has 0 aliphatic rings. The predicted octanol–water partition coefficient (Wildman–Crippen LogP) is -0.0274. The molecule has 0 unspecified atom stereocenters. The van der Waals surface area contributed by atoms with Gasteiger partial charge in [0.2, 0.25) is 0 Å². The standard InChI is InChI=1S/C6H14NO5P/c1-10-6(8)5(7)4-13(9,11-2)12-3/h5H,4,7H2,1-3H3/t5-/m1/s1. The summed E-state index contributed by atoms with van der Waals surface area (Å²) in [5, 5.41) is 0. The molecule has 0 radical (unpaired) electrons. The molecule has 7 heteroatoms. The van der Waals surface area contributed by atoms with Crippen LogP contribution in [0.15, 0.2) is 0 Å². The number of ether oxygens (including phenoxy) is 1. The quantitative estimate of drug-likeness (QED) is 0.507. The monoisotopic (exact) mass is 211 g/mol. The Hall–Kier alpha value is -0.420. The van der Waals surface area contributed by atoms with Crippen molar-refractivity contribution in [1.29, 1.82) is 0 Å². The molecule has 2 N–H and O–H groups in total. The summed E-state index contributed by atoms with van der Waals surface area (Å²) < 4.78 is 25.0. The number of carbonyl (C=O) groups is 1. The van der Waals surface area contributed by atoms with Crippen LogP contribution in [-0.4, -0.2) is 39.5 Å². The third kappa shape index (κ3) is 3.87. The average molecular weight is 211 g/mol. The number of hydrogen-bond acceptors (Lipinski definition) is 6. The molecule has 0 fully saturated rings. The lowest BCUT2D eigenvalue weighted by Gasteiger charge is -2.16. The minimum atomic E-state index is -3.23. The Labute approximate surface area is 76.9 Å². The molecular formula is C6H14NO5P. The van der Waals surface area contributed by atoms with Crippen LogP contribution in [0.5, 0.6) is 0 Å². The Kier molecular flexibility index (Phi) is 5.17. The Morgan fingerprint density at radius 2 is 1.85 bits per heavy atom. The van der Waals surface area contributed by atoms with Gasteiger partial charge in [-0.05, 0) is 0 Å². The van der Waals surface area contributed by atoms with Crippen molar-refractivity contribution in [2.24, 2.45) is 5.73 Å². The van der Waals surface area contributed by atoms with E-state index >= 15 is 0 Å². The van der Waals surface area contributed by atoms with Gasteiger partial charge < -0.3 is 19.5 Å². The highest BCUT2D eigenvalue weighted by molar-refractivity contribution is 7.53. The summed E-state index contributed by atoms with van der Waals surface area (Å²) >= 11 is 0. The molecule has 0 aromatic carbocycles. The van der Waals surface area contributed by atoms with Gasteiger partial charge in [-0.3, -0.25) is 9.36 Å². The van der Waals surface area contributed by atoms with Gasteiger partial charge in [-0.25, -0.2) is 0 Å². The number of rotatable bonds is 5. The van der Waals surface area contributed by atoms with Gasteiger partial charge in [0, 0.05) is 14.2 Å². The molecule has 0 bridgehead atoms. The van der Waals surface area contributed by atoms with Gasteiger partial charge in [-0.15, -0.1) is 0 Å². The van der Waals surface area contributed by atoms with Crippen molar-refractivity contribution in [3.05, 3.63) is 0 Å². The summed E-state index contributed by atoms with van der Waals surface area (Å²) in [7, 11) is 0.432. The molecule has 6 nitrogen and oxygen atoms in total. The molecule has 0 saturated heterocycles. The number of hydrogen-bond donors (Lipinski definition) is 1. The largest absolute Gasteiger partial charge is 0.468 e. The minimum Gasteiger partial charge on any atom is -0.468 e. The van der Waals surface area contributed by atoms with E-state index < -0.39 is 19.6 Å². The molecule has 0 aromatic rings. The maximum absolute atomic E-state index is 11.4. The average Bonchev–Trinajstić information content (AvgIpc) is 2.16. The van der Waals surface area contributed by atoms with Crippen LogP contribution in [0.3, 0.4) is 0 Å². The first kappa shape index (κ1) is 12.6. The van der Waals surface area contributed by atoms with E-state index in [1.807, 2.05) is 0 Å². The van der Waals surface area contributed by atoms with Gasteiger partial charge in [0.25, 0.3) is 0 Å². The molecular weight excluding hydrogens is 197 g/mol. The van der Waals surface area contributed by atoms with Crippen LogP contribution in [0.25, 0.3) is 0 Å². The molecule has 0 aliphatic carbocycles. The fourth-order valence-electron chi connectivity index (χ4n) is 0.690. The zero-order valence-electron chi connectivity index (χ0n) is 7.85.